The Balaban J connectivity index is 1.83. The highest BCUT2D eigenvalue weighted by Crippen LogP contribution is 2.20. The molecule has 0 saturated carbocycles. The number of hydrogen-bond donors (Lipinski definition) is 1. The number of amides is 1. The number of likely N-dealkylation sites (tertiary alicyclic amines) is 1. The van der Waals surface area contributed by atoms with Crippen LogP contribution < -0.4 is 5.73 Å². The van der Waals surface area contributed by atoms with Gasteiger partial charge in [-0.1, -0.05) is 6.07 Å². The molecule has 5 heteroatoms. The van der Waals surface area contributed by atoms with Gasteiger partial charge in [-0.15, -0.1) is 0 Å². The Hall–Kier alpha value is -2.14. The fourth-order valence-electron chi connectivity index (χ4n) is 2.89. The Morgan fingerprint density at radius 3 is 3.00 bits per heavy atom. The lowest BCUT2D eigenvalue weighted by atomic mass is 9.98. The molecule has 2 atom stereocenters. The number of aromatic nitrogens is 2. The molecule has 1 aromatic carbocycles. The summed E-state index contributed by atoms with van der Waals surface area (Å²) in [5, 5.41) is 0. The Morgan fingerprint density at radius 2 is 2.29 bits per heavy atom. The summed E-state index contributed by atoms with van der Waals surface area (Å²) in [6.45, 7) is 2.80. The number of nitrogens with two attached hydrogens (primary N) is 1. The maximum absolute atomic E-state index is 12.7. The van der Waals surface area contributed by atoms with Crippen molar-refractivity contribution in [1.82, 2.24) is 14.5 Å². The molecule has 0 aliphatic carbocycles. The van der Waals surface area contributed by atoms with Gasteiger partial charge in [-0.25, -0.2) is 4.98 Å². The van der Waals surface area contributed by atoms with Gasteiger partial charge in [0, 0.05) is 42.3 Å². The quantitative estimate of drug-likeness (QED) is 0.915. The van der Waals surface area contributed by atoms with E-state index < -0.39 is 0 Å². The molecule has 0 spiro atoms. The summed E-state index contributed by atoms with van der Waals surface area (Å²) >= 11 is 0. The summed E-state index contributed by atoms with van der Waals surface area (Å²) in [7, 11) is 0. The van der Waals surface area contributed by atoms with E-state index in [2.05, 4.69) is 11.9 Å². The molecule has 0 bridgehead atoms. The fourth-order valence-corrected chi connectivity index (χ4v) is 2.89. The molecule has 1 aromatic heterocycles. The smallest absolute Gasteiger partial charge is 0.254 e. The van der Waals surface area contributed by atoms with Crippen molar-refractivity contribution in [1.29, 1.82) is 0 Å². The summed E-state index contributed by atoms with van der Waals surface area (Å²) in [6, 6.07) is 8.05. The maximum atomic E-state index is 12.7. The largest absolute Gasteiger partial charge is 0.336 e. The minimum absolute atomic E-state index is 0.0800. The van der Waals surface area contributed by atoms with E-state index in [0.29, 0.717) is 5.56 Å². The van der Waals surface area contributed by atoms with E-state index >= 15 is 0 Å². The van der Waals surface area contributed by atoms with Crippen molar-refractivity contribution in [2.45, 2.75) is 31.8 Å². The van der Waals surface area contributed by atoms with E-state index in [1.54, 1.807) is 12.5 Å². The third-order valence-corrected chi connectivity index (χ3v) is 4.07. The van der Waals surface area contributed by atoms with Crippen LogP contribution in [0.1, 0.15) is 30.1 Å². The van der Waals surface area contributed by atoms with E-state index in [4.69, 9.17) is 5.73 Å². The van der Waals surface area contributed by atoms with Gasteiger partial charge in [0.1, 0.15) is 0 Å². The number of nitrogens with zero attached hydrogens (tertiary/aromatic N) is 3. The van der Waals surface area contributed by atoms with Crippen LogP contribution in [0.3, 0.4) is 0 Å². The van der Waals surface area contributed by atoms with Gasteiger partial charge in [-0.05, 0) is 38.0 Å². The van der Waals surface area contributed by atoms with Crippen LogP contribution in [0.15, 0.2) is 43.0 Å². The number of rotatable bonds is 2. The predicted molar refractivity (Wildman–Crippen MR) is 81.3 cm³/mol. The van der Waals surface area contributed by atoms with Gasteiger partial charge >= 0.3 is 0 Å². The standard InChI is InChI=1S/C16H20N4O/c1-12-9-14(17)5-7-20(12)16(21)13-3-2-4-15(10-13)19-8-6-18-11-19/h2-4,6,8,10-12,14H,5,7,9,17H2,1H3/t12-,14+/m0/s1. The van der Waals surface area contributed by atoms with Gasteiger partial charge in [0.25, 0.3) is 5.91 Å². The number of carbonyl (C=O) groups is 1. The Kier molecular flexibility index (Phi) is 3.75. The lowest BCUT2D eigenvalue weighted by Crippen LogP contribution is -2.48. The van der Waals surface area contributed by atoms with Crippen molar-refractivity contribution in [3.8, 4) is 5.69 Å². The molecule has 3 rings (SSSR count). The molecule has 2 heterocycles. The highest BCUT2D eigenvalue weighted by atomic mass is 16.2. The van der Waals surface area contributed by atoms with Gasteiger partial charge in [-0.2, -0.15) is 0 Å². The minimum Gasteiger partial charge on any atom is -0.336 e. The topological polar surface area (TPSA) is 64.2 Å². The molecule has 1 aliphatic rings. The van der Waals surface area contributed by atoms with Crippen LogP contribution in [0, 0.1) is 0 Å². The van der Waals surface area contributed by atoms with Crippen LogP contribution in [0.5, 0.6) is 0 Å². The van der Waals surface area contributed by atoms with E-state index in [1.165, 1.54) is 0 Å². The summed E-state index contributed by atoms with van der Waals surface area (Å²) < 4.78 is 1.90. The first-order valence-corrected chi connectivity index (χ1v) is 7.30. The molecule has 5 nitrogen and oxygen atoms in total. The molecule has 2 aromatic rings. The first-order chi connectivity index (χ1) is 10.1. The molecule has 0 unspecified atom stereocenters. The molecular weight excluding hydrogens is 264 g/mol. The monoisotopic (exact) mass is 284 g/mol. The zero-order chi connectivity index (χ0) is 14.8. The molecule has 110 valence electrons. The molecule has 0 radical (unpaired) electrons. The average Bonchev–Trinajstić information content (AvgIpc) is 3.01. The maximum Gasteiger partial charge on any atom is 0.254 e. The molecular formula is C16H20N4O. The van der Waals surface area contributed by atoms with Crippen LogP contribution in [0.2, 0.25) is 0 Å². The van der Waals surface area contributed by atoms with Crippen LogP contribution >= 0.6 is 0 Å². The van der Waals surface area contributed by atoms with Gasteiger partial charge in [0.2, 0.25) is 0 Å². The van der Waals surface area contributed by atoms with E-state index in [-0.39, 0.29) is 18.0 Å². The Morgan fingerprint density at radius 1 is 1.43 bits per heavy atom. The number of piperidine rings is 1. The second-order valence-corrected chi connectivity index (χ2v) is 5.65. The summed E-state index contributed by atoms with van der Waals surface area (Å²) in [5.74, 6) is 0.0800. The van der Waals surface area contributed by atoms with Crippen LogP contribution in [0.4, 0.5) is 0 Å². The zero-order valence-corrected chi connectivity index (χ0v) is 12.1. The summed E-state index contributed by atoms with van der Waals surface area (Å²) in [6.07, 6.45) is 7.06. The van der Waals surface area contributed by atoms with Crippen molar-refractivity contribution in [3.05, 3.63) is 48.5 Å². The predicted octanol–water partition coefficient (Wildman–Crippen LogP) is 1.82. The van der Waals surface area contributed by atoms with Crippen LogP contribution in [-0.4, -0.2) is 39.0 Å². The third kappa shape index (κ3) is 2.83. The second-order valence-electron chi connectivity index (χ2n) is 5.65. The number of hydrogen-bond acceptors (Lipinski definition) is 3. The van der Waals surface area contributed by atoms with Crippen LogP contribution in [0.25, 0.3) is 5.69 Å². The van der Waals surface area contributed by atoms with Gasteiger partial charge < -0.3 is 15.2 Å². The SMILES string of the molecule is C[C@H]1C[C@H](N)CCN1C(=O)c1cccc(-n2ccnc2)c1. The first-order valence-electron chi connectivity index (χ1n) is 7.30. The Labute approximate surface area is 124 Å². The van der Waals surface area contributed by atoms with Crippen molar-refractivity contribution in [3.63, 3.8) is 0 Å². The lowest BCUT2D eigenvalue weighted by molar-refractivity contribution is 0.0619. The van der Waals surface area contributed by atoms with Gasteiger partial charge in [-0.3, -0.25) is 4.79 Å². The van der Waals surface area contributed by atoms with Crippen molar-refractivity contribution >= 4 is 5.91 Å². The van der Waals surface area contributed by atoms with Crippen molar-refractivity contribution < 1.29 is 4.79 Å². The molecule has 1 saturated heterocycles. The van der Waals surface area contributed by atoms with E-state index in [1.807, 2.05) is 39.9 Å². The summed E-state index contributed by atoms with van der Waals surface area (Å²) in [4.78, 5) is 18.7. The molecule has 2 N–H and O–H groups in total. The zero-order valence-electron chi connectivity index (χ0n) is 12.1. The molecule has 1 fully saturated rings. The Bertz CT molecular complexity index is 623. The third-order valence-electron chi connectivity index (χ3n) is 4.07. The van der Waals surface area contributed by atoms with Crippen molar-refractivity contribution in [2.75, 3.05) is 6.54 Å². The minimum atomic E-state index is 0.0800. The first kappa shape index (κ1) is 13.8. The normalized spacial score (nSPS) is 22.3. The van der Waals surface area contributed by atoms with Gasteiger partial charge in [0.15, 0.2) is 0 Å². The highest BCUT2D eigenvalue weighted by Gasteiger charge is 2.27. The number of carbonyl (C=O) groups excluding carboxylic acids is 1. The fraction of sp³-hybridized carbons (Fsp3) is 0.375. The highest BCUT2D eigenvalue weighted by molar-refractivity contribution is 5.95. The molecule has 21 heavy (non-hydrogen) atoms. The van der Waals surface area contributed by atoms with E-state index in [0.717, 1.165) is 25.1 Å². The average molecular weight is 284 g/mol. The number of benzene rings is 1. The van der Waals surface area contributed by atoms with Crippen LogP contribution in [-0.2, 0) is 0 Å². The summed E-state index contributed by atoms with van der Waals surface area (Å²) in [5.41, 5.74) is 7.62. The molecule has 1 amide bonds. The lowest BCUT2D eigenvalue weighted by Gasteiger charge is -2.36. The second kappa shape index (κ2) is 5.69. The molecule has 1 aliphatic heterocycles. The van der Waals surface area contributed by atoms with Crippen molar-refractivity contribution in [2.24, 2.45) is 5.73 Å². The van der Waals surface area contributed by atoms with Gasteiger partial charge in [0.05, 0.1) is 6.33 Å². The number of imidazole rings is 1. The van der Waals surface area contributed by atoms with E-state index in [9.17, 15) is 4.79 Å².